The lowest BCUT2D eigenvalue weighted by atomic mass is 9.46. The molecule has 1 heterocycles. The number of oxime groups is 1. The molecular weight excluding hydrogens is 350 g/mol. The lowest BCUT2D eigenvalue weighted by molar-refractivity contribution is -0.175. The SMILES string of the molecule is C=C[C@@H]1CC2=C/C(=N/O)CC[C@@H]2C2CC[C@@]3(C)C(C21)[C@H]1C[C@H]1[C@@]31CCC(=O)O1. The zero-order chi connectivity index (χ0) is 19.3. The van der Waals surface area contributed by atoms with Crippen LogP contribution in [0.3, 0.4) is 0 Å². The predicted molar refractivity (Wildman–Crippen MR) is 106 cm³/mol. The topological polar surface area (TPSA) is 58.9 Å². The van der Waals surface area contributed by atoms with E-state index in [0.29, 0.717) is 41.9 Å². The smallest absolute Gasteiger partial charge is 0.306 e. The van der Waals surface area contributed by atoms with E-state index >= 15 is 0 Å². The summed E-state index contributed by atoms with van der Waals surface area (Å²) in [6, 6.07) is 0. The fraction of sp³-hybridized carbons (Fsp3) is 0.750. The van der Waals surface area contributed by atoms with Gasteiger partial charge < -0.3 is 9.94 Å². The number of fused-ring (bicyclic) bond motifs is 9. The van der Waals surface area contributed by atoms with Gasteiger partial charge >= 0.3 is 5.97 Å². The van der Waals surface area contributed by atoms with E-state index in [1.54, 1.807) is 0 Å². The van der Waals surface area contributed by atoms with Gasteiger partial charge in [-0.2, -0.15) is 0 Å². The van der Waals surface area contributed by atoms with Gasteiger partial charge in [-0.15, -0.1) is 6.58 Å². The van der Waals surface area contributed by atoms with Gasteiger partial charge in [0.05, 0.1) is 5.71 Å². The van der Waals surface area contributed by atoms with Crippen molar-refractivity contribution in [1.29, 1.82) is 0 Å². The van der Waals surface area contributed by atoms with Gasteiger partial charge in [-0.25, -0.2) is 0 Å². The molecule has 0 aromatic carbocycles. The van der Waals surface area contributed by atoms with Crippen LogP contribution in [0.5, 0.6) is 0 Å². The molecule has 3 unspecified atom stereocenters. The fourth-order valence-corrected chi connectivity index (χ4v) is 8.96. The third-order valence-corrected chi connectivity index (χ3v) is 9.96. The first kappa shape index (κ1) is 17.3. The minimum Gasteiger partial charge on any atom is -0.458 e. The van der Waals surface area contributed by atoms with Gasteiger partial charge in [0, 0.05) is 17.8 Å². The van der Waals surface area contributed by atoms with Crippen molar-refractivity contribution in [2.45, 2.75) is 63.9 Å². The van der Waals surface area contributed by atoms with Crippen molar-refractivity contribution in [1.82, 2.24) is 0 Å². The Labute approximate surface area is 167 Å². The third-order valence-electron chi connectivity index (χ3n) is 9.96. The molecule has 6 rings (SSSR count). The molecule has 1 N–H and O–H groups in total. The zero-order valence-corrected chi connectivity index (χ0v) is 16.8. The largest absolute Gasteiger partial charge is 0.458 e. The first-order chi connectivity index (χ1) is 13.5. The van der Waals surface area contributed by atoms with E-state index < -0.39 is 0 Å². The van der Waals surface area contributed by atoms with Crippen LogP contribution in [0.4, 0.5) is 0 Å². The van der Waals surface area contributed by atoms with Gasteiger partial charge in [0.1, 0.15) is 5.60 Å². The first-order valence-electron chi connectivity index (χ1n) is 11.3. The molecule has 0 aromatic heterocycles. The number of carbonyl (C=O) groups is 1. The predicted octanol–water partition coefficient (Wildman–Crippen LogP) is 4.73. The molecule has 9 atom stereocenters. The molecule has 0 aromatic rings. The molecule has 4 saturated carbocycles. The minimum atomic E-state index is -0.171. The summed E-state index contributed by atoms with van der Waals surface area (Å²) in [7, 11) is 0. The summed E-state index contributed by atoms with van der Waals surface area (Å²) in [6.07, 6.45) is 12.7. The summed E-state index contributed by atoms with van der Waals surface area (Å²) in [5, 5.41) is 12.8. The molecule has 4 heteroatoms. The zero-order valence-electron chi connectivity index (χ0n) is 16.8. The van der Waals surface area contributed by atoms with Gasteiger partial charge in [-0.05, 0) is 86.5 Å². The Bertz CT molecular complexity index is 815. The molecule has 5 aliphatic carbocycles. The molecule has 6 aliphatic rings. The van der Waals surface area contributed by atoms with Crippen molar-refractivity contribution in [3.8, 4) is 0 Å². The van der Waals surface area contributed by atoms with Crippen molar-refractivity contribution in [3.63, 3.8) is 0 Å². The number of ether oxygens (including phenoxy) is 1. The van der Waals surface area contributed by atoms with Crippen molar-refractivity contribution < 1.29 is 14.7 Å². The highest BCUT2D eigenvalue weighted by Crippen LogP contribution is 2.78. The first-order valence-corrected chi connectivity index (χ1v) is 11.3. The molecule has 4 nitrogen and oxygen atoms in total. The minimum absolute atomic E-state index is 0.0342. The van der Waals surface area contributed by atoms with Crippen LogP contribution in [0.1, 0.15) is 58.3 Å². The van der Waals surface area contributed by atoms with Crippen LogP contribution in [0.25, 0.3) is 0 Å². The summed E-state index contributed by atoms with van der Waals surface area (Å²) in [4.78, 5) is 12.2. The summed E-state index contributed by atoms with van der Waals surface area (Å²) >= 11 is 0. The molecule has 1 aliphatic heterocycles. The van der Waals surface area contributed by atoms with Crippen molar-refractivity contribution >= 4 is 11.7 Å². The standard InChI is InChI=1S/C24H31NO3/c1-3-13-10-14-11-15(25-27)4-5-16(14)17-6-8-23(2)22(21(13)17)18-12-19(18)24(23)9-7-20(26)28-24/h3,11,13,16-19,21-22,27H,1,4-10,12H2,2H3/b25-15+/t13-,16+,17?,18+,19-,21?,22?,23+,24+/m1/s1. The number of allylic oxidation sites excluding steroid dienone is 3. The lowest BCUT2D eigenvalue weighted by Gasteiger charge is -2.59. The van der Waals surface area contributed by atoms with E-state index in [1.807, 2.05) is 0 Å². The number of rotatable bonds is 1. The quantitative estimate of drug-likeness (QED) is 0.309. The summed E-state index contributed by atoms with van der Waals surface area (Å²) in [5.41, 5.74) is 2.30. The lowest BCUT2D eigenvalue weighted by Crippen LogP contribution is -2.56. The number of carbonyl (C=O) groups excluding carboxylic acids is 1. The highest BCUT2D eigenvalue weighted by atomic mass is 16.6. The van der Waals surface area contributed by atoms with Crippen LogP contribution in [0.15, 0.2) is 29.5 Å². The second-order valence-corrected chi connectivity index (χ2v) is 10.7. The maximum atomic E-state index is 12.2. The number of esters is 1. The van der Waals surface area contributed by atoms with Crippen molar-refractivity contribution in [2.75, 3.05) is 0 Å². The highest BCUT2D eigenvalue weighted by Gasteiger charge is 2.79. The van der Waals surface area contributed by atoms with Gasteiger partial charge in [0.15, 0.2) is 0 Å². The van der Waals surface area contributed by atoms with E-state index in [4.69, 9.17) is 4.74 Å². The summed E-state index contributed by atoms with van der Waals surface area (Å²) in [5.74, 6) is 4.55. The van der Waals surface area contributed by atoms with Crippen LogP contribution in [-0.4, -0.2) is 22.5 Å². The van der Waals surface area contributed by atoms with Crippen molar-refractivity contribution in [2.24, 2.45) is 52.0 Å². The maximum Gasteiger partial charge on any atom is 0.306 e. The fourth-order valence-electron chi connectivity index (χ4n) is 8.96. The van der Waals surface area contributed by atoms with Crippen molar-refractivity contribution in [3.05, 3.63) is 24.3 Å². The van der Waals surface area contributed by atoms with Crippen LogP contribution in [-0.2, 0) is 9.53 Å². The Morgan fingerprint density at radius 3 is 2.86 bits per heavy atom. The van der Waals surface area contributed by atoms with E-state index in [1.165, 1.54) is 24.8 Å². The average Bonchev–Trinajstić information content (AvgIpc) is 3.35. The van der Waals surface area contributed by atoms with E-state index in [0.717, 1.165) is 37.3 Å². The molecule has 28 heavy (non-hydrogen) atoms. The maximum absolute atomic E-state index is 12.2. The molecule has 0 amide bonds. The van der Waals surface area contributed by atoms with Gasteiger partial charge in [-0.1, -0.05) is 23.7 Å². The highest BCUT2D eigenvalue weighted by molar-refractivity contribution is 5.96. The second kappa shape index (κ2) is 5.52. The van der Waals surface area contributed by atoms with E-state index in [9.17, 15) is 10.0 Å². The van der Waals surface area contributed by atoms with Gasteiger partial charge in [0.2, 0.25) is 0 Å². The molecule has 150 valence electrons. The molecule has 0 bridgehead atoms. The van der Waals surface area contributed by atoms with Crippen LogP contribution >= 0.6 is 0 Å². The normalized spacial score (nSPS) is 55.0. The molecule has 1 saturated heterocycles. The number of hydrogen-bond acceptors (Lipinski definition) is 4. The molecular formula is C24H31NO3. The Kier molecular flexibility index (Phi) is 3.41. The summed E-state index contributed by atoms with van der Waals surface area (Å²) in [6.45, 7) is 6.70. The average molecular weight is 382 g/mol. The van der Waals surface area contributed by atoms with E-state index in [2.05, 4.69) is 30.8 Å². The molecule has 0 radical (unpaired) electrons. The van der Waals surface area contributed by atoms with E-state index in [-0.39, 0.29) is 17.0 Å². The number of nitrogens with zero attached hydrogens (tertiary/aromatic N) is 1. The Hall–Kier alpha value is -1.58. The summed E-state index contributed by atoms with van der Waals surface area (Å²) < 4.78 is 6.20. The Morgan fingerprint density at radius 2 is 2.14 bits per heavy atom. The second-order valence-electron chi connectivity index (χ2n) is 10.7. The number of hydrogen-bond donors (Lipinski definition) is 1. The van der Waals surface area contributed by atoms with Crippen LogP contribution in [0.2, 0.25) is 0 Å². The molecule has 1 spiro atoms. The van der Waals surface area contributed by atoms with Crippen LogP contribution < -0.4 is 0 Å². The molecule has 5 fully saturated rings. The third kappa shape index (κ3) is 1.92. The van der Waals surface area contributed by atoms with Gasteiger partial charge in [0.25, 0.3) is 0 Å². The van der Waals surface area contributed by atoms with Gasteiger partial charge in [-0.3, -0.25) is 4.79 Å². The Morgan fingerprint density at radius 1 is 1.29 bits per heavy atom. The monoisotopic (exact) mass is 381 g/mol. The van der Waals surface area contributed by atoms with Crippen LogP contribution in [0, 0.1) is 46.8 Å². The Balaban J connectivity index is 1.41.